The number of hydrogen-bond acceptors (Lipinski definition) is 3. The Kier molecular flexibility index (Phi) is 2.92. The van der Waals surface area contributed by atoms with Gasteiger partial charge in [-0.05, 0) is 32.0 Å². The van der Waals surface area contributed by atoms with Crippen molar-refractivity contribution < 1.29 is 4.79 Å². The summed E-state index contributed by atoms with van der Waals surface area (Å²) in [6.07, 6.45) is 5.39. The van der Waals surface area contributed by atoms with Crippen molar-refractivity contribution in [3.05, 3.63) is 24.5 Å². The normalized spacial score (nSPS) is 16.9. The van der Waals surface area contributed by atoms with E-state index in [0.29, 0.717) is 0 Å². The average molecular weight is 219 g/mol. The molecule has 1 aromatic heterocycles. The van der Waals surface area contributed by atoms with E-state index in [0.717, 1.165) is 25.1 Å². The molecule has 1 fully saturated rings. The molecule has 0 aliphatic heterocycles. The molecule has 86 valence electrons. The van der Waals surface area contributed by atoms with Gasteiger partial charge in [-0.2, -0.15) is 0 Å². The lowest BCUT2D eigenvalue weighted by atomic mass is 10.1. The summed E-state index contributed by atoms with van der Waals surface area (Å²) in [5, 5.41) is 3.09. The van der Waals surface area contributed by atoms with E-state index in [2.05, 4.69) is 10.3 Å². The Bertz CT molecular complexity index is 373. The number of carbonyl (C=O) groups excluding carboxylic acids is 1. The molecule has 0 aromatic carbocycles. The van der Waals surface area contributed by atoms with Crippen LogP contribution in [0.3, 0.4) is 0 Å². The molecule has 1 N–H and O–H groups in total. The van der Waals surface area contributed by atoms with Crippen LogP contribution < -0.4 is 10.2 Å². The fourth-order valence-electron chi connectivity index (χ4n) is 1.98. The maximum atomic E-state index is 12.3. The highest BCUT2D eigenvalue weighted by Gasteiger charge is 2.50. The number of anilines is 1. The highest BCUT2D eigenvalue weighted by molar-refractivity contribution is 5.98. The van der Waals surface area contributed by atoms with Gasteiger partial charge in [-0.3, -0.25) is 9.78 Å². The van der Waals surface area contributed by atoms with Crippen molar-refractivity contribution in [1.82, 2.24) is 10.3 Å². The smallest absolute Gasteiger partial charge is 0.234 e. The van der Waals surface area contributed by atoms with Crippen LogP contribution >= 0.6 is 0 Å². The number of rotatable bonds is 4. The van der Waals surface area contributed by atoms with Gasteiger partial charge in [-0.1, -0.05) is 0 Å². The Morgan fingerprint density at radius 1 is 1.62 bits per heavy atom. The molecule has 4 heteroatoms. The molecule has 0 spiro atoms. The Morgan fingerprint density at radius 2 is 2.38 bits per heavy atom. The Morgan fingerprint density at radius 3 is 2.88 bits per heavy atom. The zero-order valence-corrected chi connectivity index (χ0v) is 9.73. The van der Waals surface area contributed by atoms with Crippen molar-refractivity contribution in [2.75, 3.05) is 25.5 Å². The van der Waals surface area contributed by atoms with E-state index in [1.807, 2.05) is 26.2 Å². The first-order chi connectivity index (χ1) is 7.69. The summed E-state index contributed by atoms with van der Waals surface area (Å²) in [5.41, 5.74) is 0.689. The SMILES string of the molecule is CNCC1(C(=O)N(C)c2cccnc2)CC1. The molecule has 0 saturated heterocycles. The highest BCUT2D eigenvalue weighted by atomic mass is 16.2. The highest BCUT2D eigenvalue weighted by Crippen LogP contribution is 2.46. The van der Waals surface area contributed by atoms with Crippen LogP contribution in [0.2, 0.25) is 0 Å². The van der Waals surface area contributed by atoms with Crippen LogP contribution in [0, 0.1) is 5.41 Å². The van der Waals surface area contributed by atoms with Gasteiger partial charge in [0.15, 0.2) is 0 Å². The summed E-state index contributed by atoms with van der Waals surface area (Å²) in [6, 6.07) is 3.75. The van der Waals surface area contributed by atoms with Gasteiger partial charge >= 0.3 is 0 Å². The summed E-state index contributed by atoms with van der Waals surface area (Å²) in [6.45, 7) is 0.760. The third kappa shape index (κ3) is 1.93. The van der Waals surface area contributed by atoms with Crippen LogP contribution in [0.5, 0.6) is 0 Å². The predicted molar refractivity (Wildman–Crippen MR) is 63.2 cm³/mol. The summed E-state index contributed by atoms with van der Waals surface area (Å²) in [7, 11) is 3.70. The zero-order chi connectivity index (χ0) is 11.6. The maximum Gasteiger partial charge on any atom is 0.234 e. The van der Waals surface area contributed by atoms with E-state index in [1.54, 1.807) is 17.3 Å². The second kappa shape index (κ2) is 4.22. The molecule has 1 amide bonds. The monoisotopic (exact) mass is 219 g/mol. The first-order valence-electron chi connectivity index (χ1n) is 5.52. The van der Waals surface area contributed by atoms with Crippen molar-refractivity contribution in [2.45, 2.75) is 12.8 Å². The van der Waals surface area contributed by atoms with Crippen LogP contribution in [0.1, 0.15) is 12.8 Å². The maximum absolute atomic E-state index is 12.3. The first kappa shape index (κ1) is 11.1. The lowest BCUT2D eigenvalue weighted by Crippen LogP contribution is -2.39. The van der Waals surface area contributed by atoms with Gasteiger partial charge in [0.05, 0.1) is 17.3 Å². The summed E-state index contributed by atoms with van der Waals surface area (Å²) in [4.78, 5) is 18.0. The lowest BCUT2D eigenvalue weighted by Gasteiger charge is -2.23. The minimum Gasteiger partial charge on any atom is -0.319 e. The molecule has 1 aliphatic carbocycles. The van der Waals surface area contributed by atoms with E-state index in [9.17, 15) is 4.79 Å². The van der Waals surface area contributed by atoms with Crippen LogP contribution in [-0.2, 0) is 4.79 Å². The molecule has 1 saturated carbocycles. The molecule has 1 heterocycles. The molecule has 0 radical (unpaired) electrons. The van der Waals surface area contributed by atoms with Crippen LogP contribution in [0.4, 0.5) is 5.69 Å². The molecule has 4 nitrogen and oxygen atoms in total. The number of nitrogens with one attached hydrogen (secondary N) is 1. The number of amides is 1. The molecule has 0 bridgehead atoms. The van der Waals surface area contributed by atoms with E-state index < -0.39 is 0 Å². The fourth-order valence-corrected chi connectivity index (χ4v) is 1.98. The van der Waals surface area contributed by atoms with E-state index in [1.165, 1.54) is 0 Å². The second-order valence-corrected chi connectivity index (χ2v) is 4.39. The van der Waals surface area contributed by atoms with Gasteiger partial charge in [0.2, 0.25) is 5.91 Å². The quantitative estimate of drug-likeness (QED) is 0.823. The van der Waals surface area contributed by atoms with Gasteiger partial charge < -0.3 is 10.2 Å². The third-order valence-electron chi connectivity index (χ3n) is 3.16. The number of nitrogens with zero attached hydrogens (tertiary/aromatic N) is 2. The summed E-state index contributed by atoms with van der Waals surface area (Å²) in [5.74, 6) is 0.190. The Balaban J connectivity index is 2.11. The van der Waals surface area contributed by atoms with Gasteiger partial charge in [-0.15, -0.1) is 0 Å². The minimum atomic E-state index is -0.167. The van der Waals surface area contributed by atoms with E-state index >= 15 is 0 Å². The predicted octanol–water partition coefficient (Wildman–Crippen LogP) is 1.04. The zero-order valence-electron chi connectivity index (χ0n) is 9.73. The number of aromatic nitrogens is 1. The number of pyridine rings is 1. The second-order valence-electron chi connectivity index (χ2n) is 4.39. The van der Waals surface area contributed by atoms with Crippen molar-refractivity contribution in [3.8, 4) is 0 Å². The van der Waals surface area contributed by atoms with Crippen molar-refractivity contribution in [1.29, 1.82) is 0 Å². The first-order valence-corrected chi connectivity index (χ1v) is 5.52. The van der Waals surface area contributed by atoms with Crippen molar-refractivity contribution in [2.24, 2.45) is 5.41 Å². The molecular weight excluding hydrogens is 202 g/mol. The summed E-state index contributed by atoms with van der Waals surface area (Å²) < 4.78 is 0. The van der Waals surface area contributed by atoms with Crippen LogP contribution in [0.15, 0.2) is 24.5 Å². The summed E-state index contributed by atoms with van der Waals surface area (Å²) >= 11 is 0. The molecule has 1 aliphatic rings. The van der Waals surface area contributed by atoms with Gasteiger partial charge in [-0.25, -0.2) is 0 Å². The Labute approximate surface area is 95.7 Å². The average Bonchev–Trinajstić information content (AvgIpc) is 3.10. The fraction of sp³-hybridized carbons (Fsp3) is 0.500. The van der Waals surface area contributed by atoms with Crippen LogP contribution in [0.25, 0.3) is 0 Å². The standard InChI is InChI=1S/C12H17N3O/c1-13-9-12(5-6-12)11(16)15(2)10-4-3-7-14-8-10/h3-4,7-8,13H,5-6,9H2,1-2H3. The third-order valence-corrected chi connectivity index (χ3v) is 3.16. The van der Waals surface area contributed by atoms with Crippen molar-refractivity contribution in [3.63, 3.8) is 0 Å². The van der Waals surface area contributed by atoms with Crippen LogP contribution in [-0.4, -0.2) is 31.5 Å². The topological polar surface area (TPSA) is 45.2 Å². The van der Waals surface area contributed by atoms with Gasteiger partial charge in [0.25, 0.3) is 0 Å². The van der Waals surface area contributed by atoms with Crippen molar-refractivity contribution >= 4 is 11.6 Å². The van der Waals surface area contributed by atoms with Gasteiger partial charge in [0.1, 0.15) is 0 Å². The number of carbonyl (C=O) groups is 1. The lowest BCUT2D eigenvalue weighted by molar-refractivity contribution is -0.123. The number of hydrogen-bond donors (Lipinski definition) is 1. The molecular formula is C12H17N3O. The van der Waals surface area contributed by atoms with E-state index in [4.69, 9.17) is 0 Å². The molecule has 16 heavy (non-hydrogen) atoms. The minimum absolute atomic E-state index is 0.167. The largest absolute Gasteiger partial charge is 0.319 e. The Hall–Kier alpha value is -1.42. The van der Waals surface area contributed by atoms with Gasteiger partial charge in [0, 0.05) is 19.8 Å². The molecule has 1 aromatic rings. The molecule has 2 rings (SSSR count). The molecule has 0 atom stereocenters. The van der Waals surface area contributed by atoms with E-state index in [-0.39, 0.29) is 11.3 Å². The molecule has 0 unspecified atom stereocenters.